The molecule has 2 heterocycles. The van der Waals surface area contributed by atoms with Crippen LogP contribution in [0.25, 0.3) is 34.2 Å². The van der Waals surface area contributed by atoms with Crippen molar-refractivity contribution >= 4 is 23.6 Å². The molecule has 5 rings (SSSR count). The summed E-state index contributed by atoms with van der Waals surface area (Å²) in [6.07, 6.45) is 3.56. The maximum atomic E-state index is 10.2. The summed E-state index contributed by atoms with van der Waals surface area (Å²) in [5, 5.41) is 10.2. The number of benzene rings is 3. The number of hydrogen-bond acceptors (Lipinski definition) is 4. The van der Waals surface area contributed by atoms with E-state index in [1.165, 1.54) is 0 Å². The largest absolute Gasteiger partial charge is 0.479 e. The van der Waals surface area contributed by atoms with Gasteiger partial charge in [0.15, 0.2) is 0 Å². The van der Waals surface area contributed by atoms with Crippen molar-refractivity contribution in [2.75, 3.05) is 0 Å². The lowest BCUT2D eigenvalue weighted by Crippen LogP contribution is -1.83. The summed E-state index contributed by atoms with van der Waals surface area (Å²) in [7, 11) is 0. The predicted molar refractivity (Wildman–Crippen MR) is 112 cm³/mol. The summed E-state index contributed by atoms with van der Waals surface area (Å²) in [5.74, 6) is 0.180. The molecule has 0 radical (unpaired) electrons. The van der Waals surface area contributed by atoms with Crippen molar-refractivity contribution < 1.29 is 9.52 Å². The monoisotopic (exact) mass is 364 g/mol. The molecule has 1 aromatic heterocycles. The number of allylic oxidation sites excluding steroid dienone is 1. The molecule has 0 spiro atoms. The van der Waals surface area contributed by atoms with Crippen molar-refractivity contribution in [3.8, 4) is 28.5 Å². The molecule has 4 heteroatoms. The fourth-order valence-electron chi connectivity index (χ4n) is 3.28. The smallest absolute Gasteiger partial charge is 0.310 e. The molecule has 0 fully saturated rings. The van der Waals surface area contributed by atoms with Crippen LogP contribution >= 0.6 is 0 Å². The first kappa shape index (κ1) is 16.3. The Labute approximate surface area is 162 Å². The molecule has 1 aliphatic heterocycles. The van der Waals surface area contributed by atoms with Crippen molar-refractivity contribution in [1.82, 2.24) is 4.98 Å². The Balaban J connectivity index is 1.46. The fraction of sp³-hybridized carbons (Fsp3) is 0. The van der Waals surface area contributed by atoms with Crippen molar-refractivity contribution in [2.24, 2.45) is 4.99 Å². The van der Waals surface area contributed by atoms with Crippen LogP contribution in [0.5, 0.6) is 5.95 Å². The molecule has 3 aromatic carbocycles. The minimum absolute atomic E-state index is 0.201. The summed E-state index contributed by atoms with van der Waals surface area (Å²) < 4.78 is 5.50. The number of nitrogens with zero attached hydrogens (tertiary/aromatic N) is 2. The van der Waals surface area contributed by atoms with Crippen LogP contribution in [0.1, 0.15) is 11.3 Å². The molecule has 28 heavy (non-hydrogen) atoms. The van der Waals surface area contributed by atoms with Gasteiger partial charge in [0.2, 0.25) is 5.89 Å². The number of aromatic nitrogens is 1. The lowest BCUT2D eigenvalue weighted by atomic mass is 10.0. The average Bonchev–Trinajstić information content (AvgIpc) is 3.33. The summed E-state index contributed by atoms with van der Waals surface area (Å²) in [5.41, 5.74) is 6.27. The molecule has 4 aromatic rings. The van der Waals surface area contributed by atoms with Crippen LogP contribution in [-0.2, 0) is 0 Å². The SMILES string of the molecule is Oc1oc(-c2ccc(-c3ccccc3)cc2)nc1C=C1C=Nc2ccccc21. The first-order chi connectivity index (χ1) is 13.8. The Morgan fingerprint density at radius 3 is 2.25 bits per heavy atom. The Morgan fingerprint density at radius 1 is 0.750 bits per heavy atom. The van der Waals surface area contributed by atoms with Gasteiger partial charge in [0, 0.05) is 22.9 Å². The lowest BCUT2D eigenvalue weighted by Gasteiger charge is -2.02. The highest BCUT2D eigenvalue weighted by Crippen LogP contribution is 2.35. The van der Waals surface area contributed by atoms with E-state index in [2.05, 4.69) is 22.1 Å². The summed E-state index contributed by atoms with van der Waals surface area (Å²) >= 11 is 0. The molecule has 1 N–H and O–H groups in total. The third kappa shape index (κ3) is 2.91. The van der Waals surface area contributed by atoms with Gasteiger partial charge in [-0.15, -0.1) is 0 Å². The van der Waals surface area contributed by atoms with Crippen LogP contribution < -0.4 is 0 Å². The second-order valence-electron chi connectivity index (χ2n) is 6.53. The highest BCUT2D eigenvalue weighted by molar-refractivity contribution is 6.21. The minimum Gasteiger partial charge on any atom is -0.479 e. The summed E-state index contributed by atoms with van der Waals surface area (Å²) in [4.78, 5) is 8.84. The van der Waals surface area contributed by atoms with Gasteiger partial charge in [-0.05, 0) is 35.4 Å². The first-order valence-electron chi connectivity index (χ1n) is 8.99. The number of hydrogen-bond donors (Lipinski definition) is 1. The van der Waals surface area contributed by atoms with Crippen LogP contribution in [0.4, 0.5) is 5.69 Å². The van der Waals surface area contributed by atoms with Gasteiger partial charge in [0.1, 0.15) is 5.69 Å². The number of oxazole rings is 1. The Bertz CT molecular complexity index is 1200. The third-order valence-electron chi connectivity index (χ3n) is 4.72. The second kappa shape index (κ2) is 6.67. The van der Waals surface area contributed by atoms with Crippen LogP contribution in [0.15, 0.2) is 88.3 Å². The number of aliphatic imine (C=N–C) groups is 1. The second-order valence-corrected chi connectivity index (χ2v) is 6.53. The van der Waals surface area contributed by atoms with Crippen molar-refractivity contribution in [1.29, 1.82) is 0 Å². The zero-order chi connectivity index (χ0) is 18.9. The molecular weight excluding hydrogens is 348 g/mol. The molecule has 134 valence electrons. The molecule has 0 saturated carbocycles. The fourth-order valence-corrected chi connectivity index (χ4v) is 3.28. The molecule has 0 unspecified atom stereocenters. The molecule has 1 aliphatic rings. The number of rotatable bonds is 3. The molecule has 0 aliphatic carbocycles. The van der Waals surface area contributed by atoms with Gasteiger partial charge in [-0.2, -0.15) is 0 Å². The highest BCUT2D eigenvalue weighted by Gasteiger charge is 2.16. The Kier molecular flexibility index (Phi) is 3.87. The van der Waals surface area contributed by atoms with Crippen molar-refractivity contribution in [2.45, 2.75) is 0 Å². The van der Waals surface area contributed by atoms with E-state index in [0.717, 1.165) is 33.5 Å². The van der Waals surface area contributed by atoms with E-state index < -0.39 is 0 Å². The van der Waals surface area contributed by atoms with Gasteiger partial charge in [-0.25, -0.2) is 4.98 Å². The van der Waals surface area contributed by atoms with E-state index >= 15 is 0 Å². The zero-order valence-electron chi connectivity index (χ0n) is 14.9. The van der Waals surface area contributed by atoms with E-state index in [0.29, 0.717) is 11.6 Å². The molecule has 4 nitrogen and oxygen atoms in total. The molecule has 0 amide bonds. The lowest BCUT2D eigenvalue weighted by molar-refractivity contribution is 0.336. The Hall–Kier alpha value is -3.92. The maximum Gasteiger partial charge on any atom is 0.310 e. The molecule has 0 saturated heterocycles. The van der Waals surface area contributed by atoms with Gasteiger partial charge in [0.05, 0.1) is 5.69 Å². The first-order valence-corrected chi connectivity index (χ1v) is 8.99. The normalized spacial score (nSPS) is 13.8. The van der Waals surface area contributed by atoms with Crippen molar-refractivity contribution in [3.05, 3.63) is 90.1 Å². The van der Waals surface area contributed by atoms with Gasteiger partial charge in [-0.3, -0.25) is 4.99 Å². The van der Waals surface area contributed by atoms with Gasteiger partial charge < -0.3 is 9.52 Å². The predicted octanol–water partition coefficient (Wildman–Crippen LogP) is 5.97. The van der Waals surface area contributed by atoms with Crippen LogP contribution in [0.2, 0.25) is 0 Å². The van der Waals surface area contributed by atoms with Crippen LogP contribution in [0, 0.1) is 0 Å². The maximum absolute atomic E-state index is 10.2. The standard InChI is InChI=1S/C24H16N2O2/c27-24-22(14-19-15-25-21-9-5-4-8-20(19)21)26-23(28-24)18-12-10-17(11-13-18)16-6-2-1-3-7-16/h1-15,27H. The highest BCUT2D eigenvalue weighted by atomic mass is 16.5. The average molecular weight is 364 g/mol. The van der Waals surface area contributed by atoms with E-state index in [1.54, 1.807) is 12.3 Å². The van der Waals surface area contributed by atoms with E-state index in [-0.39, 0.29) is 5.95 Å². The quantitative estimate of drug-likeness (QED) is 0.487. The summed E-state index contributed by atoms with van der Waals surface area (Å²) in [6.45, 7) is 0. The third-order valence-corrected chi connectivity index (χ3v) is 4.72. The van der Waals surface area contributed by atoms with Gasteiger partial charge in [0.25, 0.3) is 0 Å². The number of para-hydroxylation sites is 1. The number of aromatic hydroxyl groups is 1. The zero-order valence-corrected chi connectivity index (χ0v) is 14.9. The summed E-state index contributed by atoms with van der Waals surface area (Å²) in [6, 6.07) is 25.9. The van der Waals surface area contributed by atoms with Crippen LogP contribution in [0.3, 0.4) is 0 Å². The molecular formula is C24H16N2O2. The van der Waals surface area contributed by atoms with Crippen molar-refractivity contribution in [3.63, 3.8) is 0 Å². The van der Waals surface area contributed by atoms with Crippen LogP contribution in [-0.4, -0.2) is 16.3 Å². The minimum atomic E-state index is -0.201. The van der Waals surface area contributed by atoms with Gasteiger partial charge in [-0.1, -0.05) is 60.7 Å². The number of fused-ring (bicyclic) bond motifs is 1. The van der Waals surface area contributed by atoms with Gasteiger partial charge >= 0.3 is 5.95 Å². The topological polar surface area (TPSA) is 58.6 Å². The molecule has 0 bridgehead atoms. The van der Waals surface area contributed by atoms with E-state index in [9.17, 15) is 5.11 Å². The van der Waals surface area contributed by atoms with E-state index in [4.69, 9.17) is 4.42 Å². The molecule has 0 atom stereocenters. The van der Waals surface area contributed by atoms with E-state index in [1.807, 2.05) is 66.7 Å². The Morgan fingerprint density at radius 2 is 1.43 bits per heavy atom.